The molecule has 1 fully saturated rings. The Kier molecular flexibility index (Phi) is 6.72. The minimum Gasteiger partial charge on any atom is -0.372 e. The monoisotopic (exact) mass is 406 g/mol. The third kappa shape index (κ3) is 4.91. The van der Waals surface area contributed by atoms with Crippen molar-refractivity contribution in [1.29, 1.82) is 0 Å². The molecule has 2 aromatic rings. The summed E-state index contributed by atoms with van der Waals surface area (Å²) in [5.74, 6) is 0.822. The smallest absolute Gasteiger partial charge is 0.233 e. The second-order valence-corrected chi connectivity index (χ2v) is 8.58. The highest BCUT2D eigenvalue weighted by molar-refractivity contribution is 7.99. The third-order valence-corrected chi connectivity index (χ3v) is 5.43. The molecule has 1 saturated heterocycles. The minimum absolute atomic E-state index is 0.0370. The molecule has 0 saturated carbocycles. The van der Waals surface area contributed by atoms with Crippen LogP contribution in [-0.2, 0) is 16.1 Å². The molecule has 8 heteroatoms. The molecule has 0 unspecified atom stereocenters. The van der Waals surface area contributed by atoms with Crippen LogP contribution in [0.3, 0.4) is 0 Å². The average molecular weight is 407 g/mol. The van der Waals surface area contributed by atoms with Crippen LogP contribution in [0, 0.1) is 11.7 Å². The van der Waals surface area contributed by atoms with Crippen molar-refractivity contribution in [3.63, 3.8) is 0 Å². The van der Waals surface area contributed by atoms with Gasteiger partial charge in [-0.15, -0.1) is 10.2 Å². The maximum atomic E-state index is 14.3. The summed E-state index contributed by atoms with van der Waals surface area (Å²) in [6, 6.07) is 6.55. The summed E-state index contributed by atoms with van der Waals surface area (Å²) in [7, 11) is 0. The molecule has 1 aliphatic rings. The van der Waals surface area contributed by atoms with Gasteiger partial charge >= 0.3 is 0 Å². The maximum absolute atomic E-state index is 14.3. The highest BCUT2D eigenvalue weighted by Crippen LogP contribution is 2.27. The van der Waals surface area contributed by atoms with Crippen LogP contribution in [0.5, 0.6) is 0 Å². The lowest BCUT2D eigenvalue weighted by molar-refractivity contribution is -0.140. The zero-order chi connectivity index (χ0) is 20.3. The van der Waals surface area contributed by atoms with Crippen molar-refractivity contribution in [2.24, 2.45) is 5.92 Å². The standard InChI is InChI=1S/C20H27FN4O2S/c1-13(2)9-25-19(16-7-5-6-8-17(16)21)22-23-20(25)28-12-18(26)24-10-14(3)27-15(4)11-24/h5-8,13-15H,9-12H2,1-4H3/t14-,15+. The predicted octanol–water partition coefficient (Wildman–Crippen LogP) is 3.47. The van der Waals surface area contributed by atoms with Gasteiger partial charge in [0.25, 0.3) is 0 Å². The predicted molar refractivity (Wildman–Crippen MR) is 108 cm³/mol. The average Bonchev–Trinajstić information content (AvgIpc) is 3.01. The molecule has 28 heavy (non-hydrogen) atoms. The van der Waals surface area contributed by atoms with Gasteiger partial charge in [0.2, 0.25) is 5.91 Å². The van der Waals surface area contributed by atoms with Crippen molar-refractivity contribution in [3.8, 4) is 11.4 Å². The molecule has 1 aromatic carbocycles. The van der Waals surface area contributed by atoms with Gasteiger partial charge in [0.15, 0.2) is 11.0 Å². The van der Waals surface area contributed by atoms with Crippen LogP contribution in [-0.4, -0.2) is 56.6 Å². The lowest BCUT2D eigenvalue weighted by atomic mass is 10.2. The summed E-state index contributed by atoms with van der Waals surface area (Å²) < 4.78 is 21.9. The van der Waals surface area contributed by atoms with Gasteiger partial charge in [-0.3, -0.25) is 4.79 Å². The molecule has 152 valence electrons. The van der Waals surface area contributed by atoms with Gasteiger partial charge in [0, 0.05) is 19.6 Å². The van der Waals surface area contributed by atoms with E-state index in [9.17, 15) is 9.18 Å². The van der Waals surface area contributed by atoms with Crippen molar-refractivity contribution in [2.45, 2.75) is 51.6 Å². The van der Waals surface area contributed by atoms with Crippen LogP contribution in [0.1, 0.15) is 27.7 Å². The summed E-state index contributed by atoms with van der Waals surface area (Å²) in [5, 5.41) is 9.10. The summed E-state index contributed by atoms with van der Waals surface area (Å²) >= 11 is 1.35. The Bertz CT molecular complexity index is 816. The van der Waals surface area contributed by atoms with Gasteiger partial charge in [-0.05, 0) is 31.9 Å². The molecule has 0 bridgehead atoms. The van der Waals surface area contributed by atoms with E-state index in [1.165, 1.54) is 17.8 Å². The van der Waals surface area contributed by atoms with Crippen molar-refractivity contribution in [3.05, 3.63) is 30.1 Å². The Hall–Kier alpha value is -1.93. The number of aromatic nitrogens is 3. The lowest BCUT2D eigenvalue weighted by Crippen LogP contribution is -2.48. The molecular formula is C20H27FN4O2S. The molecule has 0 radical (unpaired) electrons. The molecule has 0 N–H and O–H groups in total. The fourth-order valence-corrected chi connectivity index (χ4v) is 4.22. The van der Waals surface area contributed by atoms with E-state index in [-0.39, 0.29) is 29.7 Å². The highest BCUT2D eigenvalue weighted by atomic mass is 32.2. The molecule has 0 aliphatic carbocycles. The fourth-order valence-electron chi connectivity index (χ4n) is 3.37. The molecule has 0 spiro atoms. The summed E-state index contributed by atoms with van der Waals surface area (Å²) in [5.41, 5.74) is 0.421. The van der Waals surface area contributed by atoms with Gasteiger partial charge in [0.05, 0.1) is 23.5 Å². The first-order chi connectivity index (χ1) is 13.3. The van der Waals surface area contributed by atoms with E-state index in [1.807, 2.05) is 23.3 Å². The largest absolute Gasteiger partial charge is 0.372 e. The Morgan fingerprint density at radius 2 is 1.93 bits per heavy atom. The molecule has 1 aliphatic heterocycles. The number of rotatable bonds is 6. The zero-order valence-corrected chi connectivity index (χ0v) is 17.6. The Morgan fingerprint density at radius 3 is 2.57 bits per heavy atom. The highest BCUT2D eigenvalue weighted by Gasteiger charge is 2.26. The zero-order valence-electron chi connectivity index (χ0n) is 16.8. The summed E-state index contributed by atoms with van der Waals surface area (Å²) in [4.78, 5) is 14.5. The van der Waals surface area contributed by atoms with Gasteiger partial charge in [-0.25, -0.2) is 4.39 Å². The second-order valence-electron chi connectivity index (χ2n) is 7.64. The third-order valence-electron chi connectivity index (χ3n) is 4.48. The van der Waals surface area contributed by atoms with Crippen LogP contribution in [0.25, 0.3) is 11.4 Å². The molecule has 6 nitrogen and oxygen atoms in total. The van der Waals surface area contributed by atoms with Crippen LogP contribution >= 0.6 is 11.8 Å². The van der Waals surface area contributed by atoms with Gasteiger partial charge in [0.1, 0.15) is 5.82 Å². The van der Waals surface area contributed by atoms with Crippen molar-refractivity contribution < 1.29 is 13.9 Å². The van der Waals surface area contributed by atoms with E-state index in [1.54, 1.807) is 18.2 Å². The van der Waals surface area contributed by atoms with E-state index in [4.69, 9.17) is 4.74 Å². The first-order valence-corrected chi connectivity index (χ1v) is 10.6. The quantitative estimate of drug-likeness (QED) is 0.688. The molecule has 1 aromatic heterocycles. The topological polar surface area (TPSA) is 60.2 Å². The first kappa shape index (κ1) is 20.8. The number of ether oxygens (including phenoxy) is 1. The number of hydrogen-bond donors (Lipinski definition) is 0. The fraction of sp³-hybridized carbons (Fsp3) is 0.550. The van der Waals surface area contributed by atoms with E-state index >= 15 is 0 Å². The number of carbonyl (C=O) groups excluding carboxylic acids is 1. The number of thioether (sulfide) groups is 1. The minimum atomic E-state index is -0.330. The molecule has 2 heterocycles. The number of hydrogen-bond acceptors (Lipinski definition) is 5. The first-order valence-electron chi connectivity index (χ1n) is 9.59. The molecular weight excluding hydrogens is 379 g/mol. The number of amides is 1. The number of nitrogens with zero attached hydrogens (tertiary/aromatic N) is 4. The number of morpholine rings is 1. The molecule has 3 rings (SSSR count). The van der Waals surface area contributed by atoms with Crippen LogP contribution in [0.15, 0.2) is 29.4 Å². The summed E-state index contributed by atoms with van der Waals surface area (Å²) in [6.07, 6.45) is 0.0740. The second kappa shape index (κ2) is 9.05. The maximum Gasteiger partial charge on any atom is 0.233 e. The normalized spacial score (nSPS) is 20.0. The molecule has 1 amide bonds. The van der Waals surface area contributed by atoms with Gasteiger partial charge in [-0.2, -0.15) is 0 Å². The van der Waals surface area contributed by atoms with Crippen LogP contribution in [0.4, 0.5) is 4.39 Å². The SMILES string of the molecule is CC(C)Cn1c(SCC(=O)N2C[C@@H](C)O[C@@H](C)C2)nnc1-c1ccccc1F. The van der Waals surface area contributed by atoms with Gasteiger partial charge < -0.3 is 14.2 Å². The lowest BCUT2D eigenvalue weighted by Gasteiger charge is -2.35. The Balaban J connectivity index is 1.77. The Morgan fingerprint density at radius 1 is 1.25 bits per heavy atom. The van der Waals surface area contributed by atoms with Crippen molar-refractivity contribution in [1.82, 2.24) is 19.7 Å². The van der Waals surface area contributed by atoms with Gasteiger partial charge in [-0.1, -0.05) is 37.7 Å². The van der Waals surface area contributed by atoms with Crippen molar-refractivity contribution in [2.75, 3.05) is 18.8 Å². The summed E-state index contributed by atoms with van der Waals surface area (Å²) in [6.45, 7) is 9.97. The van der Waals surface area contributed by atoms with E-state index in [2.05, 4.69) is 24.0 Å². The number of carbonyl (C=O) groups is 1. The molecule has 2 atom stereocenters. The number of halogens is 1. The van der Waals surface area contributed by atoms with Crippen molar-refractivity contribution >= 4 is 17.7 Å². The van der Waals surface area contributed by atoms with E-state index in [0.717, 1.165) is 0 Å². The van der Waals surface area contributed by atoms with Crippen LogP contribution in [0.2, 0.25) is 0 Å². The number of benzene rings is 1. The van der Waals surface area contributed by atoms with E-state index in [0.29, 0.717) is 42.1 Å². The van der Waals surface area contributed by atoms with Crippen LogP contribution < -0.4 is 0 Å². The Labute approximate surface area is 169 Å². The van der Waals surface area contributed by atoms with E-state index < -0.39 is 0 Å².